The molecule has 0 heterocycles. The van der Waals surface area contributed by atoms with Crippen molar-refractivity contribution in [2.24, 2.45) is 35.5 Å². The number of fused-ring (bicyclic) bond motifs is 2. The number of rotatable bonds is 3. The van der Waals surface area contributed by atoms with E-state index in [2.05, 4.69) is 33.9 Å². The first-order chi connectivity index (χ1) is 12.2. The molecule has 0 N–H and O–H groups in total. The van der Waals surface area contributed by atoms with Crippen molar-refractivity contribution in [3.8, 4) is 0 Å². The van der Waals surface area contributed by atoms with E-state index in [1.807, 2.05) is 0 Å². The third-order valence-corrected chi connectivity index (χ3v) is 12.6. The summed E-state index contributed by atoms with van der Waals surface area (Å²) in [6.07, 6.45) is 17.0. The van der Waals surface area contributed by atoms with Crippen LogP contribution in [-0.4, -0.2) is 13.8 Å². The molecule has 0 radical (unpaired) electrons. The van der Waals surface area contributed by atoms with Gasteiger partial charge in [0.15, 0.2) is 0 Å². The van der Waals surface area contributed by atoms with Gasteiger partial charge >= 0.3 is 21.7 Å². The minimum atomic E-state index is -1.54. The van der Waals surface area contributed by atoms with Gasteiger partial charge < -0.3 is 27.3 Å². The molecule has 6 atom stereocenters. The van der Waals surface area contributed by atoms with Crippen molar-refractivity contribution >= 4 is 8.24 Å². The van der Waals surface area contributed by atoms with Gasteiger partial charge in [-0.2, -0.15) is 0 Å². The Kier molecular flexibility index (Phi) is 12.2. The van der Waals surface area contributed by atoms with Crippen LogP contribution in [0.1, 0.15) is 91.4 Å². The Hall–Kier alpha value is 0.891. The van der Waals surface area contributed by atoms with Crippen LogP contribution in [0, 0.1) is 57.8 Å². The van der Waals surface area contributed by atoms with Gasteiger partial charge in [-0.05, 0) is 48.3 Å². The van der Waals surface area contributed by atoms with Crippen molar-refractivity contribution in [3.63, 3.8) is 0 Å². The molecule has 0 spiro atoms. The van der Waals surface area contributed by atoms with E-state index in [1.165, 1.54) is 25.7 Å². The van der Waals surface area contributed by atoms with E-state index < -0.39 is 8.24 Å². The maximum Gasteiger partial charge on any atom is 4.00 e. The zero-order valence-electron chi connectivity index (χ0n) is 21.8. The molecule has 4 rings (SSSR count). The molecule has 0 amide bonds. The van der Waals surface area contributed by atoms with E-state index in [0.29, 0.717) is 0 Å². The van der Waals surface area contributed by atoms with Gasteiger partial charge in [0.2, 0.25) is 0 Å². The fourth-order valence-corrected chi connectivity index (χ4v) is 12.4. The molecule has 4 fully saturated rings. The van der Waals surface area contributed by atoms with Crippen LogP contribution in [0.25, 0.3) is 4.98 Å². The van der Waals surface area contributed by atoms with Crippen molar-refractivity contribution in [3.05, 3.63) is 27.3 Å². The second-order valence-corrected chi connectivity index (χ2v) is 16.4. The van der Waals surface area contributed by atoms with Crippen molar-refractivity contribution in [2.75, 3.05) is 0 Å². The van der Waals surface area contributed by atoms with Gasteiger partial charge in [0.25, 0.3) is 0 Å². The van der Waals surface area contributed by atoms with Crippen LogP contribution in [0.15, 0.2) is 0 Å². The Morgan fingerprint density at radius 3 is 1.67 bits per heavy atom. The predicted molar refractivity (Wildman–Crippen MR) is 135 cm³/mol. The molecular formula is C27H53NSiTi. The van der Waals surface area contributed by atoms with E-state index in [0.717, 1.165) is 41.0 Å². The molecule has 0 aromatic carbocycles. The maximum absolute atomic E-state index is 5.52. The van der Waals surface area contributed by atoms with Crippen LogP contribution >= 0.6 is 0 Å². The van der Waals surface area contributed by atoms with Crippen LogP contribution in [0.4, 0.5) is 0 Å². The number of nitrogens with zero attached hydrogens (tertiary/aromatic N) is 1. The Labute approximate surface area is 207 Å². The molecule has 1 nitrogen and oxygen atoms in total. The van der Waals surface area contributed by atoms with E-state index >= 15 is 0 Å². The standard InChI is InChI=1S/C24H44NSi.3CH3.Ti/c1-24(2,3)25-26(4,5)23-16-20(17-10-7-6-8-11-17)21-14-18-12-9-13-19(18)15-22(21)23;;;;/h17-23H,6-16H2,1-5H3;3*1H3;/q4*-1;+4. The van der Waals surface area contributed by atoms with E-state index in [9.17, 15) is 0 Å². The van der Waals surface area contributed by atoms with Gasteiger partial charge in [-0.1, -0.05) is 105 Å². The molecule has 30 heavy (non-hydrogen) atoms. The summed E-state index contributed by atoms with van der Waals surface area (Å²) >= 11 is 0. The SMILES string of the molecule is CC(C)(C)[N-][Si](C)(C)C1CC(C2CCCCC2)C2CC3CCCC3CC21.[CH3-].[CH3-].[CH3-].[Ti+4]. The molecular weight excluding hydrogens is 414 g/mol. The first kappa shape index (κ1) is 30.9. The third-order valence-electron chi connectivity index (χ3n) is 8.90. The van der Waals surface area contributed by atoms with Gasteiger partial charge in [-0.25, -0.2) is 0 Å². The largest absolute Gasteiger partial charge is 4.00 e. The van der Waals surface area contributed by atoms with Gasteiger partial charge in [0.1, 0.15) is 0 Å². The normalized spacial score (nSPS) is 36.3. The molecule has 3 heteroatoms. The van der Waals surface area contributed by atoms with Crippen molar-refractivity contribution in [1.82, 2.24) is 0 Å². The maximum atomic E-state index is 5.52. The molecule has 6 unspecified atom stereocenters. The smallest absolute Gasteiger partial charge is 0.660 e. The fraction of sp³-hybridized carbons (Fsp3) is 0.889. The van der Waals surface area contributed by atoms with Crippen LogP contribution in [-0.2, 0) is 21.7 Å². The zero-order valence-corrected chi connectivity index (χ0v) is 24.3. The topological polar surface area (TPSA) is 14.1 Å². The molecule has 0 aromatic heterocycles. The number of hydrogen-bond donors (Lipinski definition) is 0. The molecule has 4 aliphatic carbocycles. The van der Waals surface area contributed by atoms with Crippen molar-refractivity contribution < 1.29 is 21.7 Å². The minimum absolute atomic E-state index is 0. The summed E-state index contributed by atoms with van der Waals surface area (Å²) < 4.78 is 0. The molecule has 0 saturated heterocycles. The minimum Gasteiger partial charge on any atom is -0.660 e. The second-order valence-electron chi connectivity index (χ2n) is 12.1. The Balaban J connectivity index is 0.00000210. The summed E-state index contributed by atoms with van der Waals surface area (Å²) in [4.78, 5) is 5.52. The first-order valence-electron chi connectivity index (χ1n) is 12.0. The zero-order chi connectivity index (χ0) is 18.5. The van der Waals surface area contributed by atoms with Crippen LogP contribution < -0.4 is 0 Å². The van der Waals surface area contributed by atoms with Gasteiger partial charge in [0, 0.05) is 0 Å². The Morgan fingerprint density at radius 1 is 0.633 bits per heavy atom. The van der Waals surface area contributed by atoms with Crippen molar-refractivity contribution in [2.45, 2.75) is 116 Å². The third kappa shape index (κ3) is 6.48. The quantitative estimate of drug-likeness (QED) is 0.290. The van der Waals surface area contributed by atoms with Crippen molar-refractivity contribution in [1.29, 1.82) is 0 Å². The predicted octanol–water partition coefficient (Wildman–Crippen LogP) is 9.12. The van der Waals surface area contributed by atoms with Crippen LogP contribution in [0.3, 0.4) is 0 Å². The molecule has 4 aliphatic rings. The summed E-state index contributed by atoms with van der Waals surface area (Å²) in [7, 11) is -1.54. The summed E-state index contributed by atoms with van der Waals surface area (Å²) in [5, 5.41) is 0. The van der Waals surface area contributed by atoms with Crippen LogP contribution in [0.5, 0.6) is 0 Å². The first-order valence-corrected chi connectivity index (χ1v) is 15.0. The Morgan fingerprint density at radius 2 is 1.13 bits per heavy atom. The monoisotopic (exact) mass is 467 g/mol. The fourth-order valence-electron chi connectivity index (χ4n) is 8.24. The molecule has 4 saturated carbocycles. The van der Waals surface area contributed by atoms with Gasteiger partial charge in [-0.15, -0.1) is 5.54 Å². The number of hydrogen-bond acceptors (Lipinski definition) is 0. The van der Waals surface area contributed by atoms with Crippen LogP contribution in [0.2, 0.25) is 18.6 Å². The van der Waals surface area contributed by atoms with Gasteiger partial charge in [0.05, 0.1) is 0 Å². The molecule has 0 bridgehead atoms. The Bertz CT molecular complexity index is 494. The summed E-state index contributed by atoms with van der Waals surface area (Å²) in [6.45, 7) is 12.2. The second kappa shape index (κ2) is 11.8. The van der Waals surface area contributed by atoms with E-state index in [4.69, 9.17) is 4.98 Å². The summed E-state index contributed by atoms with van der Waals surface area (Å²) in [5.41, 5.74) is 1.12. The van der Waals surface area contributed by atoms with Gasteiger partial charge in [-0.3, -0.25) is 0 Å². The molecule has 0 aromatic rings. The summed E-state index contributed by atoms with van der Waals surface area (Å²) in [5.74, 6) is 6.43. The van der Waals surface area contributed by atoms with E-state index in [1.54, 1.807) is 44.9 Å². The molecule has 174 valence electrons. The average Bonchev–Trinajstić information content (AvgIpc) is 3.15. The van der Waals surface area contributed by atoms with E-state index in [-0.39, 0.29) is 49.5 Å². The molecule has 0 aliphatic heterocycles. The summed E-state index contributed by atoms with van der Waals surface area (Å²) in [6, 6.07) is 0. The average molecular weight is 468 g/mol.